The van der Waals surface area contributed by atoms with Crippen LogP contribution in [0.15, 0.2) is 79.0 Å². The van der Waals surface area contributed by atoms with E-state index in [1.165, 1.54) is 0 Å². The van der Waals surface area contributed by atoms with Crippen LogP contribution in [0.2, 0.25) is 0 Å². The molecule has 0 fully saturated rings. The summed E-state index contributed by atoms with van der Waals surface area (Å²) in [6, 6.07) is 22.6. The number of carbonyl (C=O) groups is 1. The van der Waals surface area contributed by atoms with Crippen LogP contribution < -0.4 is 14.8 Å². The highest BCUT2D eigenvalue weighted by atomic mass is 16.5. The quantitative estimate of drug-likeness (QED) is 0.678. The number of pyridine rings is 1. The van der Waals surface area contributed by atoms with E-state index in [0.717, 1.165) is 17.0 Å². The van der Waals surface area contributed by atoms with Gasteiger partial charge in [0.1, 0.15) is 18.1 Å². The van der Waals surface area contributed by atoms with E-state index in [-0.39, 0.29) is 12.5 Å². The summed E-state index contributed by atoms with van der Waals surface area (Å²) in [5, 5.41) is 2.84. The second kappa shape index (κ2) is 9.22. The van der Waals surface area contributed by atoms with Gasteiger partial charge in [-0.15, -0.1) is 0 Å². The molecule has 0 spiro atoms. The van der Waals surface area contributed by atoms with Crippen molar-refractivity contribution in [2.24, 2.45) is 0 Å². The van der Waals surface area contributed by atoms with Crippen LogP contribution in [0, 0.1) is 0 Å². The Morgan fingerprint density at radius 1 is 0.885 bits per heavy atom. The third-order valence-electron chi connectivity index (χ3n) is 3.61. The minimum absolute atomic E-state index is 0.0140. The highest BCUT2D eigenvalue weighted by Crippen LogP contribution is 2.15. The molecule has 0 radical (unpaired) electrons. The van der Waals surface area contributed by atoms with Crippen LogP contribution in [0.25, 0.3) is 0 Å². The Morgan fingerprint density at radius 3 is 2.50 bits per heavy atom. The van der Waals surface area contributed by atoms with Crippen LogP contribution in [0.1, 0.15) is 11.3 Å². The van der Waals surface area contributed by atoms with Crippen molar-refractivity contribution in [2.75, 3.05) is 6.61 Å². The molecular weight excluding hydrogens is 328 g/mol. The minimum Gasteiger partial charge on any atom is -0.487 e. The molecule has 1 N–H and O–H groups in total. The normalized spacial score (nSPS) is 10.2. The fourth-order valence-electron chi connectivity index (χ4n) is 2.30. The molecule has 26 heavy (non-hydrogen) atoms. The smallest absolute Gasteiger partial charge is 0.258 e. The lowest BCUT2D eigenvalue weighted by Gasteiger charge is -2.09. The third kappa shape index (κ3) is 5.63. The maximum atomic E-state index is 11.9. The standard InChI is InChI=1S/C21H20N2O3/c24-21(16-26-19-9-2-1-3-10-19)23-14-17-7-6-11-20(13-17)25-15-18-8-4-5-12-22-18/h1-13H,14-16H2,(H,23,24). The molecule has 0 unspecified atom stereocenters. The topological polar surface area (TPSA) is 60.5 Å². The van der Waals surface area contributed by atoms with Gasteiger partial charge in [0.15, 0.2) is 6.61 Å². The summed E-state index contributed by atoms with van der Waals surface area (Å²) in [5.41, 5.74) is 1.82. The number of para-hydroxylation sites is 1. The van der Waals surface area contributed by atoms with Crippen molar-refractivity contribution in [2.45, 2.75) is 13.2 Å². The Bertz CT molecular complexity index is 823. The summed E-state index contributed by atoms with van der Waals surface area (Å²) in [6.07, 6.45) is 1.74. The summed E-state index contributed by atoms with van der Waals surface area (Å²) in [4.78, 5) is 16.1. The molecule has 1 heterocycles. The van der Waals surface area contributed by atoms with Crippen LogP contribution in [-0.2, 0) is 17.9 Å². The van der Waals surface area contributed by atoms with Crippen molar-refractivity contribution < 1.29 is 14.3 Å². The van der Waals surface area contributed by atoms with E-state index in [4.69, 9.17) is 9.47 Å². The zero-order chi connectivity index (χ0) is 18.0. The van der Waals surface area contributed by atoms with Crippen LogP contribution >= 0.6 is 0 Å². The number of carbonyl (C=O) groups excluding carboxylic acids is 1. The van der Waals surface area contributed by atoms with Gasteiger partial charge >= 0.3 is 0 Å². The summed E-state index contributed by atoms with van der Waals surface area (Å²) < 4.78 is 11.2. The number of aromatic nitrogens is 1. The lowest BCUT2D eigenvalue weighted by molar-refractivity contribution is -0.123. The molecule has 0 aliphatic heterocycles. The molecule has 0 aliphatic carbocycles. The summed E-state index contributed by atoms with van der Waals surface area (Å²) in [5.74, 6) is 1.24. The van der Waals surface area contributed by atoms with E-state index >= 15 is 0 Å². The van der Waals surface area contributed by atoms with Gasteiger partial charge in [-0.05, 0) is 42.0 Å². The Kier molecular flexibility index (Phi) is 6.20. The maximum Gasteiger partial charge on any atom is 0.258 e. The lowest BCUT2D eigenvalue weighted by Crippen LogP contribution is -2.28. The zero-order valence-corrected chi connectivity index (χ0v) is 14.3. The second-order valence-electron chi connectivity index (χ2n) is 5.64. The van der Waals surface area contributed by atoms with Gasteiger partial charge in [0, 0.05) is 12.7 Å². The monoisotopic (exact) mass is 348 g/mol. The number of hydrogen-bond donors (Lipinski definition) is 1. The lowest BCUT2D eigenvalue weighted by atomic mass is 10.2. The Balaban J connectivity index is 1.45. The van der Waals surface area contributed by atoms with Crippen LogP contribution in [0.3, 0.4) is 0 Å². The molecule has 5 heteroatoms. The van der Waals surface area contributed by atoms with Gasteiger partial charge in [0.2, 0.25) is 0 Å². The fourth-order valence-corrected chi connectivity index (χ4v) is 2.30. The predicted molar refractivity (Wildman–Crippen MR) is 98.8 cm³/mol. The van der Waals surface area contributed by atoms with Crippen molar-refractivity contribution in [1.82, 2.24) is 10.3 Å². The average Bonchev–Trinajstić information content (AvgIpc) is 2.71. The molecule has 3 rings (SSSR count). The third-order valence-corrected chi connectivity index (χ3v) is 3.61. The number of benzene rings is 2. The van der Waals surface area contributed by atoms with Crippen molar-refractivity contribution in [3.05, 3.63) is 90.3 Å². The second-order valence-corrected chi connectivity index (χ2v) is 5.64. The molecule has 5 nitrogen and oxygen atoms in total. The van der Waals surface area contributed by atoms with Gasteiger partial charge in [-0.25, -0.2) is 0 Å². The SMILES string of the molecule is O=C(COc1ccccc1)NCc1cccc(OCc2ccccn2)c1. The number of nitrogens with one attached hydrogen (secondary N) is 1. The summed E-state index contributed by atoms with van der Waals surface area (Å²) in [6.45, 7) is 0.805. The predicted octanol–water partition coefficient (Wildman–Crippen LogP) is 3.36. The van der Waals surface area contributed by atoms with E-state index in [9.17, 15) is 4.79 Å². The van der Waals surface area contributed by atoms with E-state index in [0.29, 0.717) is 18.9 Å². The molecule has 0 aliphatic rings. The first-order valence-electron chi connectivity index (χ1n) is 8.36. The molecule has 0 saturated heterocycles. The van der Waals surface area contributed by atoms with Crippen molar-refractivity contribution in [1.29, 1.82) is 0 Å². The minimum atomic E-state index is -0.173. The number of rotatable bonds is 8. The van der Waals surface area contributed by atoms with Gasteiger partial charge < -0.3 is 14.8 Å². The van der Waals surface area contributed by atoms with E-state index in [2.05, 4.69) is 10.3 Å². The molecule has 2 aromatic carbocycles. The Morgan fingerprint density at radius 2 is 1.69 bits per heavy atom. The zero-order valence-electron chi connectivity index (χ0n) is 14.3. The molecular formula is C21H20N2O3. The first-order valence-corrected chi connectivity index (χ1v) is 8.36. The van der Waals surface area contributed by atoms with Crippen LogP contribution in [0.4, 0.5) is 0 Å². The molecule has 0 saturated carbocycles. The number of hydrogen-bond acceptors (Lipinski definition) is 4. The van der Waals surface area contributed by atoms with Gasteiger partial charge in [-0.3, -0.25) is 9.78 Å². The van der Waals surface area contributed by atoms with Crippen molar-refractivity contribution in [3.8, 4) is 11.5 Å². The van der Waals surface area contributed by atoms with E-state index in [1.54, 1.807) is 6.20 Å². The summed E-state index contributed by atoms with van der Waals surface area (Å²) in [7, 11) is 0. The first kappa shape index (κ1) is 17.5. The highest BCUT2D eigenvalue weighted by Gasteiger charge is 2.04. The number of nitrogens with zero attached hydrogens (tertiary/aromatic N) is 1. The van der Waals surface area contributed by atoms with E-state index in [1.807, 2.05) is 72.8 Å². The van der Waals surface area contributed by atoms with Gasteiger partial charge in [-0.1, -0.05) is 36.4 Å². The van der Waals surface area contributed by atoms with Crippen molar-refractivity contribution in [3.63, 3.8) is 0 Å². The average molecular weight is 348 g/mol. The van der Waals surface area contributed by atoms with Gasteiger partial charge in [0.25, 0.3) is 5.91 Å². The molecule has 1 amide bonds. The molecule has 132 valence electrons. The van der Waals surface area contributed by atoms with Gasteiger partial charge in [-0.2, -0.15) is 0 Å². The molecule has 3 aromatic rings. The van der Waals surface area contributed by atoms with Crippen LogP contribution in [0.5, 0.6) is 11.5 Å². The van der Waals surface area contributed by atoms with Gasteiger partial charge in [0.05, 0.1) is 5.69 Å². The molecule has 0 bridgehead atoms. The maximum absolute atomic E-state index is 11.9. The summed E-state index contributed by atoms with van der Waals surface area (Å²) >= 11 is 0. The van der Waals surface area contributed by atoms with Crippen LogP contribution in [-0.4, -0.2) is 17.5 Å². The first-order chi connectivity index (χ1) is 12.8. The van der Waals surface area contributed by atoms with Crippen molar-refractivity contribution >= 4 is 5.91 Å². The Labute approximate surface area is 152 Å². The highest BCUT2D eigenvalue weighted by molar-refractivity contribution is 5.77. The number of amides is 1. The molecule has 0 atom stereocenters. The molecule has 1 aromatic heterocycles. The fraction of sp³-hybridized carbons (Fsp3) is 0.143. The largest absolute Gasteiger partial charge is 0.487 e. The van der Waals surface area contributed by atoms with E-state index < -0.39 is 0 Å². The number of ether oxygens (including phenoxy) is 2. The Hall–Kier alpha value is -3.34.